The van der Waals surface area contributed by atoms with Crippen molar-refractivity contribution in [2.24, 2.45) is 0 Å². The Bertz CT molecular complexity index is 599. The lowest BCUT2D eigenvalue weighted by molar-refractivity contribution is -0.207. The van der Waals surface area contributed by atoms with Crippen molar-refractivity contribution in [2.75, 3.05) is 79.3 Å². The summed E-state index contributed by atoms with van der Waals surface area (Å²) in [6, 6.07) is 0. The zero-order chi connectivity index (χ0) is 37.6. The van der Waals surface area contributed by atoms with E-state index in [1.54, 1.807) is 0 Å². The number of hydrogen-bond acceptors (Lipinski definition) is 19. The first-order valence-corrected chi connectivity index (χ1v) is 16.0. The fraction of sp³-hybridized carbons (Fsp3) is 0.967. The molecule has 19 nitrogen and oxygen atoms in total. The highest BCUT2D eigenvalue weighted by Crippen LogP contribution is 2.10. The Kier molecular flexibility index (Phi) is 33.5. The maximum absolute atomic E-state index is 8.81. The van der Waals surface area contributed by atoms with Crippen molar-refractivity contribution in [3.63, 3.8) is 0 Å². The Morgan fingerprint density at radius 3 is 0.837 bits per heavy atom. The van der Waals surface area contributed by atoms with Crippen LogP contribution in [0, 0.1) is 0 Å². The maximum Gasteiger partial charge on any atom is 0.155 e. The lowest BCUT2D eigenvalue weighted by atomic mass is 10.4. The van der Waals surface area contributed by atoms with Crippen molar-refractivity contribution in [2.45, 2.75) is 110 Å². The van der Waals surface area contributed by atoms with Crippen LogP contribution in [0.25, 0.3) is 0 Å². The van der Waals surface area contributed by atoms with Gasteiger partial charge in [0.25, 0.3) is 0 Å². The highest BCUT2D eigenvalue weighted by atomic mass is 16.7. The molecule has 5 aliphatic heterocycles. The highest BCUT2D eigenvalue weighted by molar-refractivity contribution is 5.44. The van der Waals surface area contributed by atoms with E-state index in [-0.39, 0.29) is 70.1 Å². The number of aliphatic hydroxyl groups is 8. The van der Waals surface area contributed by atoms with Crippen molar-refractivity contribution in [1.29, 1.82) is 0 Å². The Balaban J connectivity index is 0. The molecule has 49 heavy (non-hydrogen) atoms. The quantitative estimate of drug-likeness (QED) is 0.136. The molecule has 0 amide bonds. The smallest absolute Gasteiger partial charge is 0.155 e. The molecule has 296 valence electrons. The number of aliphatic hydroxyl groups excluding tert-OH is 8. The Labute approximate surface area is 288 Å². The summed E-state index contributed by atoms with van der Waals surface area (Å²) in [5, 5.41) is 67.3. The molecule has 5 aliphatic rings. The van der Waals surface area contributed by atoms with Gasteiger partial charge in [0.05, 0.1) is 79.3 Å². The van der Waals surface area contributed by atoms with Gasteiger partial charge < -0.3 is 93.0 Å². The van der Waals surface area contributed by atoms with Gasteiger partial charge in [0.2, 0.25) is 0 Å². The van der Waals surface area contributed by atoms with Crippen LogP contribution in [0.15, 0.2) is 0 Å². The van der Waals surface area contributed by atoms with E-state index in [1.807, 2.05) is 34.6 Å². The summed E-state index contributed by atoms with van der Waals surface area (Å²) < 4.78 is 49.5. The fourth-order valence-electron chi connectivity index (χ4n) is 3.20. The van der Waals surface area contributed by atoms with Gasteiger partial charge in [0.1, 0.15) is 42.9 Å². The monoisotopic (exact) mass is 726 g/mol. The van der Waals surface area contributed by atoms with Crippen molar-refractivity contribution >= 4 is 6.29 Å². The van der Waals surface area contributed by atoms with Gasteiger partial charge in [0, 0.05) is 0 Å². The van der Waals surface area contributed by atoms with Crippen molar-refractivity contribution in [3.8, 4) is 0 Å². The van der Waals surface area contributed by atoms with Gasteiger partial charge in [-0.3, -0.25) is 0 Å². The molecule has 0 aromatic rings. The van der Waals surface area contributed by atoms with Crippen LogP contribution in [0.4, 0.5) is 0 Å². The average molecular weight is 727 g/mol. The van der Waals surface area contributed by atoms with Gasteiger partial charge in [-0.05, 0) is 41.5 Å². The van der Waals surface area contributed by atoms with Crippen LogP contribution in [0.1, 0.15) is 41.5 Å². The zero-order valence-electron chi connectivity index (χ0n) is 29.5. The van der Waals surface area contributed by atoms with Gasteiger partial charge in [-0.15, -0.1) is 0 Å². The van der Waals surface area contributed by atoms with Gasteiger partial charge in [0.15, 0.2) is 31.5 Å². The summed E-state index contributed by atoms with van der Waals surface area (Å²) in [4.78, 5) is 8.81. The molecule has 0 spiro atoms. The number of rotatable bonds is 4. The van der Waals surface area contributed by atoms with Crippen LogP contribution in [0.2, 0.25) is 0 Å². The molecule has 0 saturated carbocycles. The molecule has 0 aliphatic carbocycles. The predicted octanol–water partition coefficient (Wildman–Crippen LogP) is -2.76. The second-order valence-electron chi connectivity index (χ2n) is 10.6. The standard InChI is InChI=1S/5C5H10O3.C3H8O3.C2H4O/c3*1-4-7-2-5(6)3-8-4;2*1-4-7-3-5(2-6)8-4;4-1-3(6)2-5;1-2-3/h5*4-6H,2-3H2,1H3;3-6H,1-2H2;2H,1H3/t;;;4-,5+;4-,5-;;/m...00../s1. The minimum absolute atomic E-state index is 0.0599. The van der Waals surface area contributed by atoms with E-state index >= 15 is 0 Å². The largest absolute Gasteiger partial charge is 0.394 e. The molecule has 0 aromatic heterocycles. The first-order chi connectivity index (χ1) is 23.2. The van der Waals surface area contributed by atoms with E-state index in [2.05, 4.69) is 0 Å². The predicted molar refractivity (Wildman–Crippen MR) is 169 cm³/mol. The first-order valence-electron chi connectivity index (χ1n) is 16.0. The number of ether oxygens (including phenoxy) is 10. The summed E-state index contributed by atoms with van der Waals surface area (Å²) in [6.07, 6.45) is -2.35. The molecular weight excluding hydrogens is 664 g/mol. The Morgan fingerprint density at radius 2 is 0.735 bits per heavy atom. The van der Waals surface area contributed by atoms with E-state index in [4.69, 9.17) is 93.0 Å². The van der Waals surface area contributed by atoms with Gasteiger partial charge in [-0.1, -0.05) is 0 Å². The molecule has 0 unspecified atom stereocenters. The fourth-order valence-corrected chi connectivity index (χ4v) is 3.20. The SMILES string of the molecule is CC1OCC(O)CO1.CC1OCC(O)CO1.CC1OCC(O)CO1.CC=O.C[C@H]1OC[C@@H](CO)O1.C[C@H]1OC[C@H](CO)O1.OCC(O)CO. The van der Waals surface area contributed by atoms with E-state index in [1.165, 1.54) is 6.92 Å². The van der Waals surface area contributed by atoms with Crippen LogP contribution in [-0.2, 0) is 52.2 Å². The van der Waals surface area contributed by atoms with Crippen LogP contribution in [0.3, 0.4) is 0 Å². The van der Waals surface area contributed by atoms with Gasteiger partial charge in [-0.25, -0.2) is 0 Å². The molecule has 4 atom stereocenters. The van der Waals surface area contributed by atoms with E-state index in [9.17, 15) is 0 Å². The highest BCUT2D eigenvalue weighted by Gasteiger charge is 2.21. The van der Waals surface area contributed by atoms with Crippen molar-refractivity contribution in [3.05, 3.63) is 0 Å². The summed E-state index contributed by atoms with van der Waals surface area (Å²) in [7, 11) is 0. The summed E-state index contributed by atoms with van der Waals surface area (Å²) in [6.45, 7) is 13.4. The molecule has 5 rings (SSSR count). The number of carbonyl (C=O) groups excluding carboxylic acids is 1. The Morgan fingerprint density at radius 1 is 0.510 bits per heavy atom. The van der Waals surface area contributed by atoms with Gasteiger partial charge in [-0.2, -0.15) is 0 Å². The summed E-state index contributed by atoms with van der Waals surface area (Å²) >= 11 is 0. The third-order valence-electron chi connectivity index (χ3n) is 5.77. The molecule has 5 heterocycles. The third-order valence-corrected chi connectivity index (χ3v) is 5.77. The molecule has 19 heteroatoms. The lowest BCUT2D eigenvalue weighted by Gasteiger charge is -2.23. The van der Waals surface area contributed by atoms with Crippen molar-refractivity contribution < 1.29 is 93.0 Å². The molecule has 0 bridgehead atoms. The minimum atomic E-state index is -0.954. The summed E-state index contributed by atoms with van der Waals surface area (Å²) in [5.74, 6) is 0. The van der Waals surface area contributed by atoms with Crippen LogP contribution in [-0.4, -0.2) is 194 Å². The summed E-state index contributed by atoms with van der Waals surface area (Å²) in [5.41, 5.74) is 0. The van der Waals surface area contributed by atoms with Crippen LogP contribution >= 0.6 is 0 Å². The van der Waals surface area contributed by atoms with E-state index < -0.39 is 24.4 Å². The molecule has 0 radical (unpaired) electrons. The van der Waals surface area contributed by atoms with Gasteiger partial charge >= 0.3 is 0 Å². The first kappa shape index (κ1) is 50.1. The zero-order valence-corrected chi connectivity index (χ0v) is 29.5. The van der Waals surface area contributed by atoms with E-state index in [0.717, 1.165) is 6.29 Å². The second-order valence-corrected chi connectivity index (χ2v) is 10.6. The molecule has 8 N–H and O–H groups in total. The average Bonchev–Trinajstić information content (AvgIpc) is 3.73. The Hall–Kier alpha value is -1.05. The lowest BCUT2D eigenvalue weighted by Crippen LogP contribution is -2.33. The minimum Gasteiger partial charge on any atom is -0.394 e. The molecule has 0 aromatic carbocycles. The topological polar surface area (TPSA) is 271 Å². The number of aldehydes is 1. The number of hydrogen-bond donors (Lipinski definition) is 8. The number of carbonyl (C=O) groups is 1. The molecule has 5 fully saturated rings. The third kappa shape index (κ3) is 31.4. The van der Waals surface area contributed by atoms with Crippen LogP contribution < -0.4 is 0 Å². The normalized spacial score (nSPS) is 33.4. The van der Waals surface area contributed by atoms with Crippen LogP contribution in [0.5, 0.6) is 0 Å². The molecular formula is C30H62O19. The maximum atomic E-state index is 8.81. The van der Waals surface area contributed by atoms with E-state index in [0.29, 0.717) is 52.9 Å². The molecule has 5 saturated heterocycles. The van der Waals surface area contributed by atoms with Crippen molar-refractivity contribution in [1.82, 2.24) is 0 Å². The second kappa shape index (κ2) is 32.8.